The third kappa shape index (κ3) is 6.82. The highest BCUT2D eigenvalue weighted by molar-refractivity contribution is 6.21. The van der Waals surface area contributed by atoms with Gasteiger partial charge in [-0.3, -0.25) is 0 Å². The lowest BCUT2D eigenvalue weighted by Gasteiger charge is -2.19. The molecule has 0 aliphatic rings. The second-order valence-electron chi connectivity index (χ2n) is 18.3. The van der Waals surface area contributed by atoms with Gasteiger partial charge in [0.1, 0.15) is 0 Å². The monoisotopic (exact) mass is 807 g/mol. The van der Waals surface area contributed by atoms with Crippen LogP contribution in [0, 0.1) is 13.8 Å². The maximum absolute atomic E-state index is 2.40. The zero-order chi connectivity index (χ0) is 42.8. The van der Waals surface area contributed by atoms with Gasteiger partial charge in [0.2, 0.25) is 0 Å². The van der Waals surface area contributed by atoms with E-state index in [1.54, 1.807) is 0 Å². The number of para-hydroxylation sites is 1. The average Bonchev–Trinajstić information content (AvgIpc) is 3.64. The second-order valence-corrected chi connectivity index (χ2v) is 18.3. The van der Waals surface area contributed by atoms with Crippen LogP contribution in [-0.2, 0) is 5.41 Å². The molecule has 0 aliphatic carbocycles. The van der Waals surface area contributed by atoms with Crippen molar-refractivity contribution in [1.29, 1.82) is 0 Å². The Morgan fingerprint density at radius 2 is 0.698 bits per heavy atom. The van der Waals surface area contributed by atoms with E-state index in [4.69, 9.17) is 0 Å². The molecular weight excluding hydrogens is 759 g/mol. The fourth-order valence-electron chi connectivity index (χ4n) is 9.75. The lowest BCUT2D eigenvalue weighted by molar-refractivity contribution is 0.591. The summed E-state index contributed by atoms with van der Waals surface area (Å²) in [6.45, 7) is 11.3. The van der Waals surface area contributed by atoms with Crippen molar-refractivity contribution in [1.82, 2.24) is 4.57 Å². The molecule has 0 unspecified atom stereocenters. The van der Waals surface area contributed by atoms with Crippen molar-refractivity contribution in [3.8, 4) is 61.3 Å². The number of fused-ring (bicyclic) bond motifs is 5. The number of hydrogen-bond acceptors (Lipinski definition) is 0. The highest BCUT2D eigenvalue weighted by atomic mass is 15.0. The van der Waals surface area contributed by atoms with Crippen LogP contribution in [0.5, 0.6) is 0 Å². The van der Waals surface area contributed by atoms with Gasteiger partial charge in [-0.05, 0) is 138 Å². The van der Waals surface area contributed by atoms with Crippen molar-refractivity contribution in [2.45, 2.75) is 40.0 Å². The van der Waals surface area contributed by atoms with Crippen molar-refractivity contribution < 1.29 is 0 Å². The Bertz CT molecular complexity index is 3490. The van der Waals surface area contributed by atoms with E-state index in [1.165, 1.54) is 121 Å². The third-order valence-corrected chi connectivity index (χ3v) is 13.1. The second kappa shape index (κ2) is 15.2. The standard InChI is InChI=1S/C62H49N/c1-40-17-33-53-56(36-40)60(47-26-22-43(23-27-47)42-12-8-6-9-13-42)52-32-16-41(2)37-57(52)61(53)48-28-24-45(25-29-48)44-18-20-46(21-19-44)49-30-34-58-54(38-49)55-39-50(62(3,4)5)31-35-59(55)63(58)51-14-10-7-11-15-51/h6-39H,1-5H3. The number of nitrogens with zero attached hydrogens (tertiary/aromatic N) is 1. The van der Waals surface area contributed by atoms with Crippen LogP contribution in [0.3, 0.4) is 0 Å². The normalized spacial score (nSPS) is 11.9. The molecule has 1 nitrogen and oxygen atoms in total. The molecule has 10 aromatic carbocycles. The molecule has 0 atom stereocenters. The Morgan fingerprint density at radius 1 is 0.302 bits per heavy atom. The first-order valence-electron chi connectivity index (χ1n) is 22.2. The van der Waals surface area contributed by atoms with Crippen LogP contribution in [0.1, 0.15) is 37.5 Å². The summed E-state index contributed by atoms with van der Waals surface area (Å²) in [6, 6.07) is 76.7. The summed E-state index contributed by atoms with van der Waals surface area (Å²) >= 11 is 0. The predicted octanol–water partition coefficient (Wildman–Crippen LogP) is 17.3. The first-order valence-corrected chi connectivity index (χ1v) is 22.2. The van der Waals surface area contributed by atoms with Crippen molar-refractivity contribution in [2.75, 3.05) is 0 Å². The quantitative estimate of drug-likeness (QED) is 0.148. The van der Waals surface area contributed by atoms with Gasteiger partial charge in [0.25, 0.3) is 0 Å². The summed E-state index contributed by atoms with van der Waals surface area (Å²) in [4.78, 5) is 0. The number of aryl methyl sites for hydroxylation is 2. The molecule has 0 amide bonds. The molecule has 1 heterocycles. The maximum Gasteiger partial charge on any atom is 0.0541 e. The summed E-state index contributed by atoms with van der Waals surface area (Å²) in [5, 5.41) is 7.68. The summed E-state index contributed by atoms with van der Waals surface area (Å²) in [5.41, 5.74) is 19.9. The Morgan fingerprint density at radius 3 is 1.19 bits per heavy atom. The summed E-state index contributed by atoms with van der Waals surface area (Å²) in [6.07, 6.45) is 0. The van der Waals surface area contributed by atoms with Crippen LogP contribution in [0.15, 0.2) is 206 Å². The Balaban J connectivity index is 0.962. The van der Waals surface area contributed by atoms with Crippen LogP contribution in [0.25, 0.3) is 105 Å². The highest BCUT2D eigenvalue weighted by Gasteiger charge is 2.20. The predicted molar refractivity (Wildman–Crippen MR) is 271 cm³/mol. The molecule has 0 fully saturated rings. The molecule has 0 bridgehead atoms. The molecule has 63 heavy (non-hydrogen) atoms. The minimum Gasteiger partial charge on any atom is -0.309 e. The van der Waals surface area contributed by atoms with Crippen molar-refractivity contribution in [2.24, 2.45) is 0 Å². The number of aromatic nitrogens is 1. The minimum absolute atomic E-state index is 0.0575. The molecule has 1 aromatic heterocycles. The number of rotatable bonds is 6. The zero-order valence-electron chi connectivity index (χ0n) is 36.6. The van der Waals surface area contributed by atoms with E-state index in [-0.39, 0.29) is 5.41 Å². The van der Waals surface area contributed by atoms with Gasteiger partial charge >= 0.3 is 0 Å². The zero-order valence-corrected chi connectivity index (χ0v) is 36.6. The molecule has 0 N–H and O–H groups in total. The van der Waals surface area contributed by atoms with Gasteiger partial charge in [-0.25, -0.2) is 0 Å². The molecule has 0 aliphatic heterocycles. The lowest BCUT2D eigenvalue weighted by Crippen LogP contribution is -2.10. The Hall–Kier alpha value is -7.48. The van der Waals surface area contributed by atoms with Crippen molar-refractivity contribution >= 4 is 43.4 Å². The molecule has 11 aromatic rings. The van der Waals surface area contributed by atoms with Gasteiger partial charge in [-0.1, -0.05) is 202 Å². The van der Waals surface area contributed by atoms with Crippen LogP contribution >= 0.6 is 0 Å². The SMILES string of the molecule is Cc1ccc2c(-c3ccc(-c4ccc(-c5ccc6c(c5)c5cc(C(C)(C)C)ccc5n6-c5ccccc5)cc4)cc3)c3cc(C)ccc3c(-c3ccc(-c4ccccc4)cc3)c2c1. The minimum atomic E-state index is 0.0575. The molecule has 302 valence electrons. The largest absolute Gasteiger partial charge is 0.309 e. The van der Waals surface area contributed by atoms with E-state index in [0.717, 1.165) is 0 Å². The van der Waals surface area contributed by atoms with Crippen molar-refractivity contribution in [3.05, 3.63) is 223 Å². The van der Waals surface area contributed by atoms with Gasteiger partial charge in [-0.2, -0.15) is 0 Å². The van der Waals surface area contributed by atoms with E-state index in [1.807, 2.05) is 0 Å². The lowest BCUT2D eigenvalue weighted by atomic mass is 9.84. The van der Waals surface area contributed by atoms with E-state index < -0.39 is 0 Å². The van der Waals surface area contributed by atoms with Crippen LogP contribution in [-0.4, -0.2) is 4.57 Å². The molecule has 0 saturated carbocycles. The molecule has 1 heteroatoms. The third-order valence-electron chi connectivity index (χ3n) is 13.1. The highest BCUT2D eigenvalue weighted by Crippen LogP contribution is 2.45. The first-order chi connectivity index (χ1) is 30.7. The van der Waals surface area contributed by atoms with E-state index in [2.05, 4.69) is 245 Å². The van der Waals surface area contributed by atoms with Gasteiger partial charge in [0.15, 0.2) is 0 Å². The summed E-state index contributed by atoms with van der Waals surface area (Å²) < 4.78 is 2.40. The molecular formula is C62H49N. The van der Waals surface area contributed by atoms with Gasteiger partial charge in [-0.15, -0.1) is 0 Å². The molecule has 0 spiro atoms. The maximum atomic E-state index is 2.40. The van der Waals surface area contributed by atoms with Crippen LogP contribution in [0.2, 0.25) is 0 Å². The fraction of sp³-hybridized carbons (Fsp3) is 0.0968. The van der Waals surface area contributed by atoms with Gasteiger partial charge in [0.05, 0.1) is 11.0 Å². The van der Waals surface area contributed by atoms with Crippen LogP contribution < -0.4 is 0 Å². The molecule has 0 saturated heterocycles. The van der Waals surface area contributed by atoms with E-state index in [9.17, 15) is 0 Å². The van der Waals surface area contributed by atoms with Gasteiger partial charge in [0, 0.05) is 16.5 Å². The number of hydrogen-bond donors (Lipinski definition) is 0. The Kier molecular flexibility index (Phi) is 9.25. The van der Waals surface area contributed by atoms with E-state index >= 15 is 0 Å². The topological polar surface area (TPSA) is 4.93 Å². The fourth-order valence-corrected chi connectivity index (χ4v) is 9.75. The van der Waals surface area contributed by atoms with Crippen molar-refractivity contribution in [3.63, 3.8) is 0 Å². The first kappa shape index (κ1) is 38.4. The molecule has 0 radical (unpaired) electrons. The Labute approximate surface area is 370 Å². The summed E-state index contributed by atoms with van der Waals surface area (Å²) in [7, 11) is 0. The van der Waals surface area contributed by atoms with Gasteiger partial charge < -0.3 is 4.57 Å². The molecule has 11 rings (SSSR count). The smallest absolute Gasteiger partial charge is 0.0541 e. The van der Waals surface area contributed by atoms with Crippen LogP contribution in [0.4, 0.5) is 0 Å². The summed E-state index contributed by atoms with van der Waals surface area (Å²) in [5.74, 6) is 0. The van der Waals surface area contributed by atoms with E-state index in [0.29, 0.717) is 0 Å². The number of benzene rings is 10. The average molecular weight is 808 g/mol.